The molecule has 0 saturated heterocycles. The summed E-state index contributed by atoms with van der Waals surface area (Å²) in [7, 11) is 4.68. The molecule has 3 rings (SSSR count). The minimum absolute atomic E-state index is 0.241. The second kappa shape index (κ2) is 7.90. The molecule has 6 nitrogen and oxygen atoms in total. The molecule has 1 aliphatic heterocycles. The number of hydrogen-bond donors (Lipinski definition) is 1. The van der Waals surface area contributed by atoms with Gasteiger partial charge in [0.05, 0.1) is 45.2 Å². The highest BCUT2D eigenvalue weighted by atomic mass is 32.2. The summed E-state index contributed by atoms with van der Waals surface area (Å²) >= 11 is 1.46. The summed E-state index contributed by atoms with van der Waals surface area (Å²) in [6.45, 7) is 0.490. The molecule has 0 spiro atoms. The topological polar surface area (TPSA) is 72.8 Å². The van der Waals surface area contributed by atoms with Gasteiger partial charge in [-0.05, 0) is 29.8 Å². The lowest BCUT2D eigenvalue weighted by atomic mass is 10.1. The van der Waals surface area contributed by atoms with Crippen LogP contribution >= 0.6 is 11.8 Å². The molecule has 1 heterocycles. The first-order chi connectivity index (χ1) is 12.8. The Kier molecular flexibility index (Phi) is 5.76. The summed E-state index contributed by atoms with van der Waals surface area (Å²) in [4.78, 5) is 15.5. The number of ether oxygens (including phenoxy) is 1. The van der Waals surface area contributed by atoms with Crippen LogP contribution in [0.5, 0.6) is 5.75 Å². The van der Waals surface area contributed by atoms with Gasteiger partial charge in [-0.1, -0.05) is 24.3 Å². The number of carbonyl (C=O) groups excluding carboxylic acids is 1. The number of likely N-dealkylation sites (N-methyl/N-ethyl adjacent to an activating group) is 1. The number of nitrogens with zero attached hydrogens (tertiary/aromatic N) is 2. The van der Waals surface area contributed by atoms with Crippen LogP contribution in [-0.2, 0) is 4.79 Å². The molecule has 2 unspecified atom stereocenters. The fourth-order valence-electron chi connectivity index (χ4n) is 3.00. The van der Waals surface area contributed by atoms with E-state index < -0.39 is 16.0 Å². The normalized spacial score (nSPS) is 20.2. The zero-order valence-electron chi connectivity index (χ0n) is 15.7. The molecular weight excluding hydrogens is 364 g/mol. The maximum absolute atomic E-state index is 13.1. The van der Waals surface area contributed by atoms with Gasteiger partial charge in [0.15, 0.2) is 0 Å². The molecular formula is C20H24N2O4S. The average Bonchev–Trinajstić information content (AvgIpc) is 2.75. The molecule has 0 saturated carbocycles. The van der Waals surface area contributed by atoms with Crippen molar-refractivity contribution in [3.8, 4) is 5.75 Å². The molecule has 2 atom stereocenters. The number of para-hydroxylation sites is 1. The molecule has 0 fully saturated rings. The zero-order chi connectivity index (χ0) is 19.6. The fourth-order valence-corrected chi connectivity index (χ4v) is 4.27. The Labute approximate surface area is 163 Å². The Morgan fingerprint density at radius 2 is 1.85 bits per heavy atom. The van der Waals surface area contributed by atoms with Gasteiger partial charge in [0.25, 0.3) is 5.91 Å². The highest BCUT2D eigenvalue weighted by Crippen LogP contribution is 2.45. The van der Waals surface area contributed by atoms with Crippen LogP contribution in [0.3, 0.4) is 0 Å². The Bertz CT molecular complexity index is 804. The molecule has 7 heteroatoms. The number of methoxy groups -OCH3 is 1. The highest BCUT2D eigenvalue weighted by molar-refractivity contribution is 7.99. The van der Waals surface area contributed by atoms with Gasteiger partial charge in [-0.3, -0.25) is 4.79 Å². The van der Waals surface area contributed by atoms with E-state index in [0.717, 1.165) is 21.9 Å². The quantitative estimate of drug-likeness (QED) is 0.630. The van der Waals surface area contributed by atoms with E-state index >= 15 is 0 Å². The summed E-state index contributed by atoms with van der Waals surface area (Å²) in [6, 6.07) is 14.9. The maximum atomic E-state index is 13.1. The lowest BCUT2D eigenvalue weighted by molar-refractivity contribution is -0.838. The summed E-state index contributed by atoms with van der Waals surface area (Å²) in [5.41, 5.74) is 1.58. The largest absolute Gasteiger partial charge is 0.633 e. The van der Waals surface area contributed by atoms with Crippen LogP contribution < -0.4 is 9.64 Å². The number of quaternary nitrogens is 1. The number of carbonyl (C=O) groups is 1. The van der Waals surface area contributed by atoms with Crippen LogP contribution in [-0.4, -0.2) is 56.1 Å². The number of rotatable bonds is 5. The van der Waals surface area contributed by atoms with E-state index in [1.807, 2.05) is 48.5 Å². The lowest BCUT2D eigenvalue weighted by Crippen LogP contribution is -2.46. The smallest absolute Gasteiger partial charge is 0.257 e. The minimum atomic E-state index is -1.21. The third kappa shape index (κ3) is 4.44. The Balaban J connectivity index is 1.96. The molecule has 0 aliphatic carbocycles. The molecule has 2 aromatic rings. The van der Waals surface area contributed by atoms with Crippen LogP contribution in [0.15, 0.2) is 53.4 Å². The molecule has 2 aromatic carbocycles. The zero-order valence-corrected chi connectivity index (χ0v) is 16.5. The summed E-state index contributed by atoms with van der Waals surface area (Å²) in [5, 5.41) is 22.4. The molecule has 144 valence electrons. The van der Waals surface area contributed by atoms with Gasteiger partial charge in [0.1, 0.15) is 11.9 Å². The number of aliphatic hydroxyl groups is 1. The standard InChI is InChI=1S/C20H24N2O4S/c1-22(2,25)13-12-21-16-6-4-5-7-17(16)27-19(18(23)20(21)24)14-8-10-15(26-3)11-9-14/h4-11,18-19,23H,12-13H2,1-3H3. The minimum Gasteiger partial charge on any atom is -0.633 e. The Hall–Kier alpha value is -2.06. The van der Waals surface area contributed by atoms with Crippen LogP contribution in [0, 0.1) is 5.21 Å². The molecule has 27 heavy (non-hydrogen) atoms. The van der Waals surface area contributed by atoms with Crippen molar-refractivity contribution in [2.45, 2.75) is 16.2 Å². The maximum Gasteiger partial charge on any atom is 0.257 e. The third-order valence-electron chi connectivity index (χ3n) is 4.52. The van der Waals surface area contributed by atoms with Crippen LogP contribution in [0.25, 0.3) is 0 Å². The predicted molar refractivity (Wildman–Crippen MR) is 107 cm³/mol. The molecule has 1 N–H and O–H groups in total. The van der Waals surface area contributed by atoms with Crippen molar-refractivity contribution in [3.05, 3.63) is 59.3 Å². The highest BCUT2D eigenvalue weighted by Gasteiger charge is 2.37. The molecule has 1 amide bonds. The van der Waals surface area contributed by atoms with Gasteiger partial charge in [0, 0.05) is 4.90 Å². The molecule has 1 aliphatic rings. The lowest BCUT2D eigenvalue weighted by Gasteiger charge is -2.36. The van der Waals surface area contributed by atoms with Crippen molar-refractivity contribution in [2.75, 3.05) is 39.2 Å². The van der Waals surface area contributed by atoms with Crippen molar-refractivity contribution in [2.24, 2.45) is 0 Å². The average molecular weight is 388 g/mol. The van der Waals surface area contributed by atoms with Crippen molar-refractivity contribution >= 4 is 23.4 Å². The summed E-state index contributed by atoms with van der Waals surface area (Å²) < 4.78 is 4.69. The van der Waals surface area contributed by atoms with Gasteiger partial charge in [-0.25, -0.2) is 0 Å². The number of amides is 1. The van der Waals surface area contributed by atoms with Gasteiger partial charge in [0.2, 0.25) is 0 Å². The second-order valence-electron chi connectivity index (χ2n) is 7.01. The monoisotopic (exact) mass is 388 g/mol. The summed E-state index contributed by atoms with van der Waals surface area (Å²) in [6.07, 6.45) is -1.21. The molecule has 0 aromatic heterocycles. The number of hydroxylamine groups is 3. The Morgan fingerprint density at radius 3 is 2.48 bits per heavy atom. The van der Waals surface area contributed by atoms with E-state index in [9.17, 15) is 15.1 Å². The molecule has 0 radical (unpaired) electrons. The van der Waals surface area contributed by atoms with E-state index in [1.165, 1.54) is 16.7 Å². The van der Waals surface area contributed by atoms with Crippen LogP contribution in [0.1, 0.15) is 10.8 Å². The Morgan fingerprint density at radius 1 is 1.19 bits per heavy atom. The fraction of sp³-hybridized carbons (Fsp3) is 0.350. The van der Waals surface area contributed by atoms with Gasteiger partial charge >= 0.3 is 0 Å². The number of aliphatic hydroxyl groups excluding tert-OH is 1. The first-order valence-electron chi connectivity index (χ1n) is 8.73. The number of benzene rings is 2. The first kappa shape index (κ1) is 19.7. The van der Waals surface area contributed by atoms with E-state index in [1.54, 1.807) is 21.2 Å². The SMILES string of the molecule is COc1ccc(C2Sc3ccccc3N(CC[N+](C)(C)[O-])C(=O)C2O)cc1. The number of anilines is 1. The number of thioether (sulfide) groups is 1. The van der Waals surface area contributed by atoms with Gasteiger partial charge in [-0.2, -0.15) is 0 Å². The summed E-state index contributed by atoms with van der Waals surface area (Å²) in [5.74, 6) is 0.331. The van der Waals surface area contributed by atoms with Crippen molar-refractivity contribution < 1.29 is 19.3 Å². The number of hydrogen-bond acceptors (Lipinski definition) is 5. The number of fused-ring (bicyclic) bond motifs is 1. The van der Waals surface area contributed by atoms with E-state index in [2.05, 4.69) is 0 Å². The first-order valence-corrected chi connectivity index (χ1v) is 9.61. The van der Waals surface area contributed by atoms with Crippen molar-refractivity contribution in [1.82, 2.24) is 0 Å². The van der Waals surface area contributed by atoms with Crippen LogP contribution in [0.4, 0.5) is 5.69 Å². The van der Waals surface area contributed by atoms with Crippen molar-refractivity contribution in [3.63, 3.8) is 0 Å². The van der Waals surface area contributed by atoms with Crippen LogP contribution in [0.2, 0.25) is 0 Å². The van der Waals surface area contributed by atoms with E-state index in [0.29, 0.717) is 0 Å². The van der Waals surface area contributed by atoms with E-state index in [-0.39, 0.29) is 19.0 Å². The van der Waals surface area contributed by atoms with E-state index in [4.69, 9.17) is 4.74 Å². The second-order valence-corrected chi connectivity index (χ2v) is 8.19. The van der Waals surface area contributed by atoms with Crippen molar-refractivity contribution in [1.29, 1.82) is 0 Å². The van der Waals surface area contributed by atoms with Gasteiger partial charge < -0.3 is 24.6 Å². The predicted octanol–water partition coefficient (Wildman–Crippen LogP) is 2.81. The van der Waals surface area contributed by atoms with Gasteiger partial charge in [-0.15, -0.1) is 11.8 Å². The third-order valence-corrected chi connectivity index (χ3v) is 5.91. The molecule has 0 bridgehead atoms.